The summed E-state index contributed by atoms with van der Waals surface area (Å²) >= 11 is 0. The topological polar surface area (TPSA) is 120 Å². The van der Waals surface area contributed by atoms with E-state index in [4.69, 9.17) is 0 Å². The molecule has 0 aliphatic carbocycles. The van der Waals surface area contributed by atoms with Crippen LogP contribution in [-0.2, 0) is 25.7 Å². The number of benzene rings is 1. The number of rotatable bonds is 8. The first-order valence-corrected chi connectivity index (χ1v) is 12.3. The molecule has 0 aromatic heterocycles. The van der Waals surface area contributed by atoms with Crippen molar-refractivity contribution in [3.05, 3.63) is 42.0 Å². The van der Waals surface area contributed by atoms with Gasteiger partial charge in [0.25, 0.3) is 5.91 Å². The van der Waals surface area contributed by atoms with Crippen LogP contribution in [-0.4, -0.2) is 59.7 Å². The van der Waals surface area contributed by atoms with Gasteiger partial charge < -0.3 is 26.2 Å². The maximum atomic E-state index is 13.5. The van der Waals surface area contributed by atoms with Crippen LogP contribution in [0.5, 0.6) is 0 Å². The quantitative estimate of drug-likeness (QED) is 0.421. The van der Waals surface area contributed by atoms with Crippen molar-refractivity contribution in [2.45, 2.75) is 83.1 Å². The van der Waals surface area contributed by atoms with Gasteiger partial charge in [0.05, 0.1) is 6.04 Å². The molecule has 2 heterocycles. The maximum absolute atomic E-state index is 13.5. The van der Waals surface area contributed by atoms with E-state index in [9.17, 15) is 19.2 Å². The zero-order chi connectivity index (χ0) is 25.5. The first-order chi connectivity index (χ1) is 16.7. The monoisotopic (exact) mass is 483 g/mol. The van der Waals surface area contributed by atoms with Crippen LogP contribution in [0.2, 0.25) is 0 Å². The van der Waals surface area contributed by atoms with E-state index >= 15 is 0 Å². The standard InChI is InChI=1S/C26H37N5O4/c1-16(2)23(32)29-19-9-7-8-18(14-19)15-28-25(34)22-13-12-20-10-5-6-11-21(26(35)31(20)22)30-24(33)17(3)27-4/h7-9,14,17,20-22,27H,1,5-6,10-13,15H2,2-4H3,(H,28,34)(H,29,32)(H,30,33)/t17-,20?,21-,22-/m0/s1. The molecule has 9 nitrogen and oxygen atoms in total. The molecule has 4 amide bonds. The first kappa shape index (κ1) is 26.4. The second-order valence-electron chi connectivity index (χ2n) is 9.50. The number of nitrogens with one attached hydrogen (secondary N) is 4. The molecule has 1 aromatic carbocycles. The predicted octanol–water partition coefficient (Wildman–Crippen LogP) is 1.84. The summed E-state index contributed by atoms with van der Waals surface area (Å²) in [5.74, 6) is -0.855. The average Bonchev–Trinajstić information content (AvgIpc) is 3.25. The number of hydrogen-bond acceptors (Lipinski definition) is 5. The van der Waals surface area contributed by atoms with E-state index in [-0.39, 0.29) is 36.2 Å². The van der Waals surface area contributed by atoms with Crippen molar-refractivity contribution in [1.82, 2.24) is 20.9 Å². The van der Waals surface area contributed by atoms with Gasteiger partial charge in [-0.15, -0.1) is 0 Å². The molecule has 0 saturated carbocycles. The van der Waals surface area contributed by atoms with E-state index in [1.54, 1.807) is 37.9 Å². The highest BCUT2D eigenvalue weighted by Gasteiger charge is 2.43. The number of amides is 4. The van der Waals surface area contributed by atoms with Crippen LogP contribution < -0.4 is 21.3 Å². The molecule has 0 radical (unpaired) electrons. The summed E-state index contributed by atoms with van der Waals surface area (Å²) in [5, 5.41) is 11.5. The van der Waals surface area contributed by atoms with E-state index in [0.29, 0.717) is 24.1 Å². The van der Waals surface area contributed by atoms with E-state index in [2.05, 4.69) is 27.8 Å². The van der Waals surface area contributed by atoms with E-state index in [1.807, 2.05) is 12.1 Å². The summed E-state index contributed by atoms with van der Waals surface area (Å²) in [6, 6.07) is 5.68. The molecule has 4 atom stereocenters. The van der Waals surface area contributed by atoms with Crippen molar-refractivity contribution >= 4 is 29.3 Å². The number of carbonyl (C=O) groups excluding carboxylic acids is 4. The Morgan fingerprint density at radius 1 is 1.14 bits per heavy atom. The molecule has 190 valence electrons. The van der Waals surface area contributed by atoms with E-state index in [0.717, 1.165) is 31.2 Å². The zero-order valence-corrected chi connectivity index (χ0v) is 20.9. The molecular weight excluding hydrogens is 446 g/mol. The minimum Gasteiger partial charge on any atom is -0.350 e. The van der Waals surface area contributed by atoms with Crippen LogP contribution in [0.25, 0.3) is 0 Å². The average molecular weight is 484 g/mol. The summed E-state index contributed by atoms with van der Waals surface area (Å²) in [6.45, 7) is 7.29. The van der Waals surface area contributed by atoms with Crippen molar-refractivity contribution in [2.24, 2.45) is 0 Å². The molecule has 4 N–H and O–H groups in total. The molecule has 2 aliphatic heterocycles. The molecule has 3 rings (SSSR count). The minimum atomic E-state index is -0.622. The summed E-state index contributed by atoms with van der Waals surface area (Å²) in [6.07, 6.45) is 4.64. The van der Waals surface area contributed by atoms with Gasteiger partial charge in [0.2, 0.25) is 17.7 Å². The van der Waals surface area contributed by atoms with Crippen LogP contribution in [0.1, 0.15) is 57.9 Å². The van der Waals surface area contributed by atoms with Crippen LogP contribution in [0, 0.1) is 0 Å². The molecule has 2 fully saturated rings. The number of nitrogens with zero attached hydrogens (tertiary/aromatic N) is 1. The van der Waals surface area contributed by atoms with Gasteiger partial charge in [-0.1, -0.05) is 31.6 Å². The SMILES string of the molecule is C=C(C)C(=O)Nc1cccc(CNC(=O)[C@@H]2CCC3CCCC[C@H](NC(=O)[C@H](C)NC)C(=O)N32)c1. The number of fused-ring (bicyclic) bond motifs is 1. The lowest BCUT2D eigenvalue weighted by molar-refractivity contribution is -0.144. The first-order valence-electron chi connectivity index (χ1n) is 12.3. The van der Waals surface area contributed by atoms with Crippen molar-refractivity contribution < 1.29 is 19.2 Å². The highest BCUT2D eigenvalue weighted by molar-refractivity contribution is 6.02. The Hall–Kier alpha value is -3.20. The van der Waals surface area contributed by atoms with Gasteiger partial charge in [0.15, 0.2) is 0 Å². The lowest BCUT2D eigenvalue weighted by atomic mass is 9.98. The fraction of sp³-hybridized carbons (Fsp3) is 0.538. The van der Waals surface area contributed by atoms with Gasteiger partial charge in [0.1, 0.15) is 12.1 Å². The molecule has 1 unspecified atom stereocenters. The number of anilines is 1. The molecule has 35 heavy (non-hydrogen) atoms. The third kappa shape index (κ3) is 6.69. The third-order valence-corrected chi connectivity index (χ3v) is 6.82. The van der Waals surface area contributed by atoms with Gasteiger partial charge in [0, 0.05) is 23.8 Å². The van der Waals surface area contributed by atoms with Crippen molar-refractivity contribution in [3.63, 3.8) is 0 Å². The van der Waals surface area contributed by atoms with Gasteiger partial charge in [-0.05, 0) is 64.3 Å². The number of hydrogen-bond donors (Lipinski definition) is 4. The fourth-order valence-corrected chi connectivity index (χ4v) is 4.65. The number of likely N-dealkylation sites (N-methyl/N-ethyl adjacent to an activating group) is 1. The predicted molar refractivity (Wildman–Crippen MR) is 134 cm³/mol. The zero-order valence-electron chi connectivity index (χ0n) is 20.9. The Morgan fingerprint density at radius 2 is 1.89 bits per heavy atom. The van der Waals surface area contributed by atoms with Gasteiger partial charge >= 0.3 is 0 Å². The van der Waals surface area contributed by atoms with Gasteiger partial charge in [-0.25, -0.2) is 0 Å². The van der Waals surface area contributed by atoms with E-state index in [1.165, 1.54) is 0 Å². The Kier molecular flexibility index (Phi) is 9.03. The molecule has 2 saturated heterocycles. The lowest BCUT2D eigenvalue weighted by Crippen LogP contribution is -2.57. The summed E-state index contributed by atoms with van der Waals surface area (Å²) in [5.41, 5.74) is 1.86. The van der Waals surface area contributed by atoms with E-state index < -0.39 is 18.1 Å². The number of carbonyl (C=O) groups is 4. The van der Waals surface area contributed by atoms with Crippen LogP contribution in [0.4, 0.5) is 5.69 Å². The van der Waals surface area contributed by atoms with Gasteiger partial charge in [-0.3, -0.25) is 19.2 Å². The Bertz CT molecular complexity index is 978. The maximum Gasteiger partial charge on any atom is 0.250 e. The molecule has 1 aromatic rings. The highest BCUT2D eigenvalue weighted by Crippen LogP contribution is 2.31. The van der Waals surface area contributed by atoms with Crippen LogP contribution in [0.3, 0.4) is 0 Å². The van der Waals surface area contributed by atoms with Crippen molar-refractivity contribution in [1.29, 1.82) is 0 Å². The summed E-state index contributed by atoms with van der Waals surface area (Å²) < 4.78 is 0. The smallest absolute Gasteiger partial charge is 0.250 e. The Morgan fingerprint density at radius 3 is 2.60 bits per heavy atom. The van der Waals surface area contributed by atoms with Crippen LogP contribution >= 0.6 is 0 Å². The molecule has 0 bridgehead atoms. The van der Waals surface area contributed by atoms with Crippen molar-refractivity contribution in [2.75, 3.05) is 12.4 Å². The summed E-state index contributed by atoms with van der Waals surface area (Å²) in [7, 11) is 1.70. The normalized spacial score (nSPS) is 22.9. The largest absolute Gasteiger partial charge is 0.350 e. The second kappa shape index (κ2) is 12.0. The lowest BCUT2D eigenvalue weighted by Gasteiger charge is -2.35. The van der Waals surface area contributed by atoms with Gasteiger partial charge in [-0.2, -0.15) is 0 Å². The Labute approximate surface area is 207 Å². The van der Waals surface area contributed by atoms with Crippen molar-refractivity contribution in [3.8, 4) is 0 Å². The third-order valence-electron chi connectivity index (χ3n) is 6.82. The summed E-state index contributed by atoms with van der Waals surface area (Å²) in [4.78, 5) is 52.7. The molecular formula is C26H37N5O4. The Balaban J connectivity index is 1.66. The van der Waals surface area contributed by atoms with Crippen LogP contribution in [0.15, 0.2) is 36.4 Å². The second-order valence-corrected chi connectivity index (χ2v) is 9.50. The molecule has 0 spiro atoms. The fourth-order valence-electron chi connectivity index (χ4n) is 4.65. The molecule has 9 heteroatoms. The molecule has 2 aliphatic rings. The highest BCUT2D eigenvalue weighted by atomic mass is 16.2. The minimum absolute atomic E-state index is 0.0142.